The number of morpholine rings is 1. The molecule has 7 nitrogen and oxygen atoms in total. The second-order valence-electron chi connectivity index (χ2n) is 8.70. The summed E-state index contributed by atoms with van der Waals surface area (Å²) in [5, 5.41) is 7.26. The molecule has 0 atom stereocenters. The first-order valence-corrected chi connectivity index (χ1v) is 12.2. The number of amides is 1. The van der Waals surface area contributed by atoms with Crippen molar-refractivity contribution in [1.82, 2.24) is 10.3 Å². The van der Waals surface area contributed by atoms with Crippen LogP contribution in [0.15, 0.2) is 78.9 Å². The second kappa shape index (κ2) is 11.1. The van der Waals surface area contributed by atoms with Crippen molar-refractivity contribution in [2.24, 2.45) is 0 Å². The highest BCUT2D eigenvalue weighted by Gasteiger charge is 2.14. The monoisotopic (exact) mass is 482 g/mol. The number of methoxy groups -OCH3 is 1. The molecule has 7 heteroatoms. The smallest absolute Gasteiger partial charge is 0.252 e. The molecule has 0 bridgehead atoms. The van der Waals surface area contributed by atoms with Gasteiger partial charge in [0.2, 0.25) is 0 Å². The van der Waals surface area contributed by atoms with Gasteiger partial charge in [-0.1, -0.05) is 30.3 Å². The molecule has 2 heterocycles. The molecule has 5 rings (SSSR count). The lowest BCUT2D eigenvalue weighted by atomic mass is 10.1. The summed E-state index contributed by atoms with van der Waals surface area (Å²) < 4.78 is 10.7. The number of fused-ring (bicyclic) bond motifs is 1. The van der Waals surface area contributed by atoms with E-state index in [0.29, 0.717) is 17.9 Å². The fourth-order valence-corrected chi connectivity index (χ4v) is 4.36. The molecule has 0 saturated carbocycles. The van der Waals surface area contributed by atoms with Gasteiger partial charge in [-0.3, -0.25) is 4.79 Å². The molecule has 1 aliphatic rings. The predicted molar refractivity (Wildman–Crippen MR) is 144 cm³/mol. The van der Waals surface area contributed by atoms with Crippen LogP contribution in [-0.4, -0.2) is 50.8 Å². The van der Waals surface area contributed by atoms with Crippen LogP contribution in [0.1, 0.15) is 15.9 Å². The number of carbonyl (C=O) groups is 1. The van der Waals surface area contributed by atoms with E-state index < -0.39 is 0 Å². The van der Waals surface area contributed by atoms with E-state index in [-0.39, 0.29) is 5.91 Å². The van der Waals surface area contributed by atoms with E-state index in [9.17, 15) is 4.79 Å². The van der Waals surface area contributed by atoms with Crippen LogP contribution < -0.4 is 20.3 Å². The van der Waals surface area contributed by atoms with Crippen molar-refractivity contribution in [2.45, 2.75) is 6.42 Å². The zero-order chi connectivity index (χ0) is 24.7. The van der Waals surface area contributed by atoms with Crippen LogP contribution >= 0.6 is 0 Å². The van der Waals surface area contributed by atoms with Crippen LogP contribution in [-0.2, 0) is 11.2 Å². The minimum absolute atomic E-state index is 0.118. The number of hydrogen-bond donors (Lipinski definition) is 2. The fourth-order valence-electron chi connectivity index (χ4n) is 4.36. The first-order valence-electron chi connectivity index (χ1n) is 12.2. The summed E-state index contributed by atoms with van der Waals surface area (Å²) in [6.07, 6.45) is 0.735. The van der Waals surface area contributed by atoms with Crippen LogP contribution in [0.2, 0.25) is 0 Å². The van der Waals surface area contributed by atoms with Gasteiger partial charge in [0.1, 0.15) is 11.6 Å². The summed E-state index contributed by atoms with van der Waals surface area (Å²) in [7, 11) is 1.65. The summed E-state index contributed by atoms with van der Waals surface area (Å²) in [4.78, 5) is 20.2. The van der Waals surface area contributed by atoms with Gasteiger partial charge in [0.25, 0.3) is 5.91 Å². The summed E-state index contributed by atoms with van der Waals surface area (Å²) in [5.41, 5.74) is 4.60. The maximum Gasteiger partial charge on any atom is 0.252 e. The average molecular weight is 483 g/mol. The Kier molecular flexibility index (Phi) is 7.28. The SMILES string of the molecule is COc1ccc(CCNC(=O)c2cc(Nc3ccc(N4CCOCC4)cc3)nc3ccccc23)cc1. The number of carbonyl (C=O) groups excluding carboxylic acids is 1. The third-order valence-electron chi connectivity index (χ3n) is 6.34. The Hall–Kier alpha value is -4.10. The Balaban J connectivity index is 1.29. The zero-order valence-corrected chi connectivity index (χ0v) is 20.4. The number of hydrogen-bond acceptors (Lipinski definition) is 6. The van der Waals surface area contributed by atoms with Gasteiger partial charge in [0.05, 0.1) is 31.4 Å². The van der Waals surface area contributed by atoms with Gasteiger partial charge >= 0.3 is 0 Å². The Morgan fingerprint density at radius 3 is 2.50 bits per heavy atom. The molecule has 184 valence electrons. The van der Waals surface area contributed by atoms with Crippen LogP contribution in [0, 0.1) is 0 Å². The van der Waals surface area contributed by atoms with Gasteiger partial charge in [-0.25, -0.2) is 4.98 Å². The topological polar surface area (TPSA) is 75.7 Å². The molecule has 1 saturated heterocycles. The molecule has 1 aliphatic heterocycles. The molecule has 0 spiro atoms. The van der Waals surface area contributed by atoms with Crippen LogP contribution in [0.4, 0.5) is 17.2 Å². The second-order valence-corrected chi connectivity index (χ2v) is 8.70. The van der Waals surface area contributed by atoms with Gasteiger partial charge < -0.3 is 25.0 Å². The van der Waals surface area contributed by atoms with Crippen molar-refractivity contribution < 1.29 is 14.3 Å². The Morgan fingerprint density at radius 1 is 1.00 bits per heavy atom. The number of para-hydroxylation sites is 1. The minimum atomic E-state index is -0.118. The number of benzene rings is 3. The quantitative estimate of drug-likeness (QED) is 0.376. The average Bonchev–Trinajstić information content (AvgIpc) is 2.94. The normalized spacial score (nSPS) is 13.4. The van der Waals surface area contributed by atoms with Gasteiger partial charge in [0.15, 0.2) is 0 Å². The third kappa shape index (κ3) is 5.58. The van der Waals surface area contributed by atoms with Crippen molar-refractivity contribution in [3.05, 3.63) is 90.0 Å². The first kappa shape index (κ1) is 23.6. The van der Waals surface area contributed by atoms with Crippen molar-refractivity contribution >= 4 is 34.0 Å². The van der Waals surface area contributed by atoms with Crippen LogP contribution in [0.3, 0.4) is 0 Å². The van der Waals surface area contributed by atoms with Crippen molar-refractivity contribution in [1.29, 1.82) is 0 Å². The van der Waals surface area contributed by atoms with E-state index in [1.165, 1.54) is 5.69 Å². The van der Waals surface area contributed by atoms with Gasteiger partial charge in [-0.05, 0) is 60.5 Å². The Labute approximate surface area is 211 Å². The molecule has 2 N–H and O–H groups in total. The lowest BCUT2D eigenvalue weighted by Crippen LogP contribution is -2.36. The van der Waals surface area contributed by atoms with Gasteiger partial charge in [-0.2, -0.15) is 0 Å². The number of ether oxygens (including phenoxy) is 2. The van der Waals surface area contributed by atoms with E-state index >= 15 is 0 Å². The minimum Gasteiger partial charge on any atom is -0.497 e. The molecule has 1 aromatic heterocycles. The van der Waals surface area contributed by atoms with E-state index in [1.54, 1.807) is 7.11 Å². The van der Waals surface area contributed by atoms with Crippen molar-refractivity contribution in [3.63, 3.8) is 0 Å². The summed E-state index contributed by atoms with van der Waals surface area (Å²) in [5.74, 6) is 1.34. The lowest BCUT2D eigenvalue weighted by Gasteiger charge is -2.28. The fraction of sp³-hybridized carbons (Fsp3) is 0.241. The van der Waals surface area contributed by atoms with E-state index in [1.807, 2.05) is 66.7 Å². The van der Waals surface area contributed by atoms with Crippen molar-refractivity contribution in [2.75, 3.05) is 50.2 Å². The van der Waals surface area contributed by atoms with Gasteiger partial charge in [0, 0.05) is 36.4 Å². The molecule has 0 aliphatic carbocycles. The molecular formula is C29H30N4O3. The number of rotatable bonds is 8. The summed E-state index contributed by atoms with van der Waals surface area (Å²) >= 11 is 0. The third-order valence-corrected chi connectivity index (χ3v) is 6.34. The highest BCUT2D eigenvalue weighted by molar-refractivity contribution is 6.07. The number of nitrogens with zero attached hydrogens (tertiary/aromatic N) is 2. The maximum atomic E-state index is 13.2. The first-order chi connectivity index (χ1) is 17.7. The molecule has 4 aromatic rings. The largest absolute Gasteiger partial charge is 0.497 e. The molecule has 0 radical (unpaired) electrons. The van der Waals surface area contributed by atoms with Gasteiger partial charge in [-0.15, -0.1) is 0 Å². The summed E-state index contributed by atoms with van der Waals surface area (Å²) in [6.45, 7) is 3.84. The highest BCUT2D eigenvalue weighted by atomic mass is 16.5. The molecule has 1 fully saturated rings. The maximum absolute atomic E-state index is 13.2. The molecule has 0 unspecified atom stereocenters. The summed E-state index contributed by atoms with van der Waals surface area (Å²) in [6, 6.07) is 25.7. The van der Waals surface area contributed by atoms with Crippen LogP contribution in [0.25, 0.3) is 10.9 Å². The van der Waals surface area contributed by atoms with Crippen LogP contribution in [0.5, 0.6) is 5.75 Å². The number of aromatic nitrogens is 1. The molecule has 3 aromatic carbocycles. The highest BCUT2D eigenvalue weighted by Crippen LogP contribution is 2.25. The Bertz CT molecular complexity index is 1320. The van der Waals surface area contributed by atoms with E-state index in [0.717, 1.165) is 60.6 Å². The lowest BCUT2D eigenvalue weighted by molar-refractivity contribution is 0.0955. The number of pyridine rings is 1. The standard InChI is InChI=1S/C29H30N4O3/c1-35-24-12-6-21(7-13-24)14-15-30-29(34)26-20-28(32-27-5-3-2-4-25(26)27)31-22-8-10-23(11-9-22)33-16-18-36-19-17-33/h2-13,20H,14-19H2,1H3,(H,30,34)(H,31,32). The number of anilines is 3. The molecular weight excluding hydrogens is 452 g/mol. The predicted octanol–water partition coefficient (Wildman–Crippen LogP) is 4.80. The zero-order valence-electron chi connectivity index (χ0n) is 20.4. The van der Waals surface area contributed by atoms with Crippen molar-refractivity contribution in [3.8, 4) is 5.75 Å². The molecule has 1 amide bonds. The van der Waals surface area contributed by atoms with E-state index in [4.69, 9.17) is 14.5 Å². The van der Waals surface area contributed by atoms with E-state index in [2.05, 4.69) is 27.7 Å². The number of nitrogens with one attached hydrogen (secondary N) is 2. The Morgan fingerprint density at radius 2 is 1.75 bits per heavy atom. The molecule has 36 heavy (non-hydrogen) atoms.